The van der Waals surface area contributed by atoms with E-state index in [1.807, 2.05) is 0 Å². The average Bonchev–Trinajstić information content (AvgIpc) is 2.62. The summed E-state index contributed by atoms with van der Waals surface area (Å²) in [6, 6.07) is 0. The third kappa shape index (κ3) is 7.58. The highest BCUT2D eigenvalue weighted by Crippen LogP contribution is 2.60. The van der Waals surface area contributed by atoms with Crippen molar-refractivity contribution in [1.29, 1.82) is 0 Å². The topological polar surface area (TPSA) is 63.6 Å². The number of nitrogens with zero attached hydrogens (tertiary/aromatic N) is 1. The third-order valence-electron chi connectivity index (χ3n) is 4.58. The Labute approximate surface area is 195 Å². The summed E-state index contributed by atoms with van der Waals surface area (Å²) in [7, 11) is 4.85. The molecule has 18 heteroatoms. The van der Waals surface area contributed by atoms with Crippen molar-refractivity contribution in [1.82, 2.24) is 0 Å². The van der Waals surface area contributed by atoms with Crippen LogP contribution in [-0.4, -0.2) is 97.5 Å². The predicted molar refractivity (Wildman–Crippen MR) is 94.5 cm³/mol. The molecule has 0 heterocycles. The van der Waals surface area contributed by atoms with E-state index in [2.05, 4.69) is 0 Å². The number of ether oxygens (including phenoxy) is 1. The van der Waals surface area contributed by atoms with Crippen molar-refractivity contribution in [2.24, 2.45) is 0 Å². The fourth-order valence-electron chi connectivity index (χ4n) is 2.73. The molecule has 0 spiro atoms. The lowest BCUT2D eigenvalue weighted by Gasteiger charge is -2.39. The molecule has 0 aliphatic rings. The molecule has 0 aromatic rings. The molecule has 0 aromatic heterocycles. The number of hydrogen-bond acceptors (Lipinski definition) is 3. The number of alkyl halides is 13. The fourth-order valence-corrected chi connectivity index (χ4v) is 2.73. The fraction of sp³-hybridized carbons (Fsp3) is 0.889. The number of quaternary nitrogens is 1. The van der Waals surface area contributed by atoms with Crippen molar-refractivity contribution < 1.29 is 81.0 Å². The highest BCUT2D eigenvalue weighted by Gasteiger charge is 2.90. The Balaban J connectivity index is 5.36. The second kappa shape index (κ2) is 10.9. The Hall–Kier alpha value is -1.85. The van der Waals surface area contributed by atoms with Gasteiger partial charge in [0.2, 0.25) is 0 Å². The number of likely N-dealkylation sites (N-methyl/N-ethyl adjacent to an activating group) is 1. The maximum Gasteiger partial charge on any atom is 0.460 e. The first-order valence-electron chi connectivity index (χ1n) is 9.75. The molecule has 214 valence electrons. The summed E-state index contributed by atoms with van der Waals surface area (Å²) in [4.78, 5) is 22.6. The zero-order chi connectivity index (χ0) is 29.2. The second-order valence-electron chi connectivity index (χ2n) is 8.90. The number of carboxylic acid groups (broad SMARTS) is 1. The Morgan fingerprint density at radius 3 is 1.61 bits per heavy atom. The van der Waals surface area contributed by atoms with Gasteiger partial charge in [-0.1, -0.05) is 0 Å². The van der Waals surface area contributed by atoms with Gasteiger partial charge in [-0.25, -0.2) is 0 Å². The van der Waals surface area contributed by atoms with Crippen molar-refractivity contribution >= 4 is 11.8 Å². The van der Waals surface area contributed by atoms with Gasteiger partial charge < -0.3 is 14.3 Å². The van der Waals surface area contributed by atoms with E-state index in [-0.39, 0.29) is 11.0 Å². The zero-order valence-electron chi connectivity index (χ0n) is 18.9. The van der Waals surface area contributed by atoms with E-state index in [0.717, 1.165) is 0 Å². The summed E-state index contributed by atoms with van der Waals surface area (Å²) in [6.45, 7) is -0.901. The van der Waals surface area contributed by atoms with Crippen LogP contribution in [0.1, 0.15) is 25.7 Å². The van der Waals surface area contributed by atoms with Crippen LogP contribution in [0.15, 0.2) is 0 Å². The van der Waals surface area contributed by atoms with Gasteiger partial charge in [0.1, 0.15) is 19.3 Å². The van der Waals surface area contributed by atoms with Crippen LogP contribution in [0.2, 0.25) is 0 Å². The molecule has 0 saturated heterocycles. The highest BCUT2D eigenvalue weighted by molar-refractivity contribution is 5.79. The van der Waals surface area contributed by atoms with E-state index in [9.17, 15) is 66.7 Å². The van der Waals surface area contributed by atoms with Crippen LogP contribution in [0, 0.1) is 0 Å². The van der Waals surface area contributed by atoms with E-state index in [4.69, 9.17) is 9.84 Å². The number of aliphatic carboxylic acids is 1. The molecule has 0 amide bonds. The maximum absolute atomic E-state index is 13.7. The minimum absolute atomic E-state index is 0.0374. The standard InChI is InChI=1S/C18H22F13NO4/c1-32(2,3)8-11(7-12(34)35)36-9-10(33)5-4-6-13(19,20)14(21,22)15(23,24)16(25,26)17(27,28)18(29,30)31/h11H,4-9H2,1-3H3/p+1. The van der Waals surface area contributed by atoms with Gasteiger partial charge in [-0.15, -0.1) is 0 Å². The summed E-state index contributed by atoms with van der Waals surface area (Å²) < 4.78 is 175. The first kappa shape index (κ1) is 34.1. The number of carboxylic acids is 1. The van der Waals surface area contributed by atoms with Crippen LogP contribution in [0.5, 0.6) is 0 Å². The van der Waals surface area contributed by atoms with Crippen molar-refractivity contribution in [3.63, 3.8) is 0 Å². The molecule has 0 bridgehead atoms. The van der Waals surface area contributed by atoms with E-state index >= 15 is 0 Å². The van der Waals surface area contributed by atoms with E-state index in [1.54, 1.807) is 21.1 Å². The molecule has 0 aliphatic carbocycles. The number of halogens is 13. The lowest BCUT2D eigenvalue weighted by Crippen LogP contribution is -2.70. The van der Waals surface area contributed by atoms with E-state index in [1.165, 1.54) is 0 Å². The number of rotatable bonds is 15. The Morgan fingerprint density at radius 2 is 1.22 bits per heavy atom. The molecule has 0 aliphatic heterocycles. The number of hydrogen-bond donors (Lipinski definition) is 1. The van der Waals surface area contributed by atoms with Gasteiger partial charge in [0.15, 0.2) is 5.78 Å². The molecule has 1 unspecified atom stereocenters. The van der Waals surface area contributed by atoms with E-state index < -0.39 is 85.9 Å². The number of Topliss-reactive ketones (excluding diaryl/α,β-unsaturated/α-hetero) is 1. The van der Waals surface area contributed by atoms with E-state index in [0.29, 0.717) is 0 Å². The summed E-state index contributed by atoms with van der Waals surface area (Å²) in [5.74, 6) is -39.8. The molecule has 1 N–H and O–H groups in total. The first-order valence-corrected chi connectivity index (χ1v) is 9.75. The smallest absolute Gasteiger partial charge is 0.460 e. The van der Waals surface area contributed by atoms with Crippen LogP contribution in [0.4, 0.5) is 57.1 Å². The summed E-state index contributed by atoms with van der Waals surface area (Å²) in [5.41, 5.74) is 0. The molecule has 1 atom stereocenters. The van der Waals surface area contributed by atoms with Gasteiger partial charge in [0, 0.05) is 12.8 Å². The monoisotopic (exact) mass is 564 g/mol. The number of ketones is 1. The molecule has 0 fully saturated rings. The van der Waals surface area contributed by atoms with Crippen molar-refractivity contribution in [3.05, 3.63) is 0 Å². The average molecular weight is 564 g/mol. The molecule has 36 heavy (non-hydrogen) atoms. The van der Waals surface area contributed by atoms with Gasteiger partial charge in [-0.3, -0.25) is 9.59 Å². The van der Waals surface area contributed by atoms with Crippen LogP contribution < -0.4 is 0 Å². The first-order chi connectivity index (χ1) is 15.6. The SMILES string of the molecule is C[N+](C)(C)CC(CC(=O)O)OCC(=O)CCCC(F)(F)C(F)(F)C(F)(F)C(F)(F)C(F)(F)C(F)(F)F. The molecule has 0 radical (unpaired) electrons. The van der Waals surface area contributed by atoms with Gasteiger partial charge in [-0.2, -0.15) is 57.1 Å². The van der Waals surface area contributed by atoms with Gasteiger partial charge in [-0.05, 0) is 6.42 Å². The minimum Gasteiger partial charge on any atom is -0.481 e. The summed E-state index contributed by atoms with van der Waals surface area (Å²) in [5, 5.41) is 8.82. The third-order valence-corrected chi connectivity index (χ3v) is 4.58. The van der Waals surface area contributed by atoms with Gasteiger partial charge in [0.05, 0.1) is 27.6 Å². The summed E-state index contributed by atoms with van der Waals surface area (Å²) >= 11 is 0. The normalized spacial score (nSPS) is 15.7. The van der Waals surface area contributed by atoms with Gasteiger partial charge in [0.25, 0.3) is 0 Å². The zero-order valence-corrected chi connectivity index (χ0v) is 18.9. The maximum atomic E-state index is 13.7. The Morgan fingerprint density at radius 1 is 0.778 bits per heavy atom. The quantitative estimate of drug-likeness (QED) is 0.224. The molecular weight excluding hydrogens is 541 g/mol. The van der Waals surface area contributed by atoms with Crippen LogP contribution in [0.3, 0.4) is 0 Å². The Kier molecular flexibility index (Phi) is 10.3. The second-order valence-corrected chi connectivity index (χ2v) is 8.90. The predicted octanol–water partition coefficient (Wildman–Crippen LogP) is 5.03. The van der Waals surface area contributed by atoms with Gasteiger partial charge >= 0.3 is 41.8 Å². The van der Waals surface area contributed by atoms with Crippen LogP contribution in [-0.2, 0) is 14.3 Å². The Bertz CT molecular complexity index is 776. The molecule has 0 saturated carbocycles. The highest BCUT2D eigenvalue weighted by atomic mass is 19.4. The molecular formula is C18H23F13NO4+. The number of carbonyl (C=O) groups excluding carboxylic acids is 1. The van der Waals surface area contributed by atoms with Crippen molar-refractivity contribution in [3.8, 4) is 0 Å². The lowest BCUT2D eigenvalue weighted by molar-refractivity contribution is -0.873. The van der Waals surface area contributed by atoms with Crippen LogP contribution in [0.25, 0.3) is 0 Å². The lowest BCUT2D eigenvalue weighted by atomic mass is 9.91. The summed E-state index contributed by atoms with van der Waals surface area (Å²) in [6.07, 6.45) is -14.2. The minimum atomic E-state index is -7.97. The number of carbonyl (C=O) groups is 2. The molecule has 0 aromatic carbocycles. The van der Waals surface area contributed by atoms with Crippen molar-refractivity contribution in [2.45, 2.75) is 67.6 Å². The molecule has 0 rings (SSSR count). The van der Waals surface area contributed by atoms with Crippen LogP contribution >= 0.6 is 0 Å². The largest absolute Gasteiger partial charge is 0.481 e. The van der Waals surface area contributed by atoms with Crippen molar-refractivity contribution in [2.75, 3.05) is 34.3 Å². The molecule has 5 nitrogen and oxygen atoms in total.